The van der Waals surface area contributed by atoms with Gasteiger partial charge in [0.1, 0.15) is 12.0 Å². The van der Waals surface area contributed by atoms with E-state index >= 15 is 0 Å². The van der Waals surface area contributed by atoms with E-state index in [0.29, 0.717) is 16.8 Å². The summed E-state index contributed by atoms with van der Waals surface area (Å²) < 4.78 is 0.523. The van der Waals surface area contributed by atoms with Gasteiger partial charge < -0.3 is 10.4 Å². The molecule has 0 amide bonds. The van der Waals surface area contributed by atoms with E-state index in [2.05, 4.69) is 26.2 Å². The third kappa shape index (κ3) is 2.73. The predicted octanol–water partition coefficient (Wildman–Crippen LogP) is 2.08. The van der Waals surface area contributed by atoms with Crippen LogP contribution in [0.1, 0.15) is 19.3 Å². The lowest BCUT2D eigenvalue weighted by Gasteiger charge is -2.36. The minimum absolute atomic E-state index is 0.0650. The van der Waals surface area contributed by atoms with Crippen LogP contribution in [0.4, 0.5) is 11.5 Å². The van der Waals surface area contributed by atoms with Gasteiger partial charge in [0.15, 0.2) is 0 Å². The Bertz CT molecular complexity index is 448. The first-order valence-corrected chi connectivity index (χ1v) is 6.06. The van der Waals surface area contributed by atoms with Gasteiger partial charge in [-0.05, 0) is 35.2 Å². The average molecular weight is 302 g/mol. The smallest absolute Gasteiger partial charge is 0.288 e. The third-order valence-electron chi connectivity index (χ3n) is 2.91. The number of hydrogen-bond acceptors (Lipinski definition) is 5. The molecule has 1 aliphatic carbocycles. The summed E-state index contributed by atoms with van der Waals surface area (Å²) in [4.78, 5) is 14.0. The number of aromatic nitrogens is 1. The molecule has 0 bridgehead atoms. The lowest BCUT2D eigenvalue weighted by molar-refractivity contribution is -0.385. The van der Waals surface area contributed by atoms with Crippen LogP contribution < -0.4 is 5.32 Å². The Morgan fingerprint density at radius 3 is 2.82 bits per heavy atom. The molecule has 1 fully saturated rings. The van der Waals surface area contributed by atoms with E-state index in [1.54, 1.807) is 0 Å². The lowest BCUT2D eigenvalue weighted by atomic mass is 9.80. The summed E-state index contributed by atoms with van der Waals surface area (Å²) in [6, 6.07) is 1.39. The van der Waals surface area contributed by atoms with Crippen LogP contribution in [-0.4, -0.2) is 27.2 Å². The summed E-state index contributed by atoms with van der Waals surface area (Å²) in [7, 11) is 0. The molecular weight excluding hydrogens is 290 g/mol. The lowest BCUT2D eigenvalue weighted by Crippen LogP contribution is -2.43. The highest BCUT2D eigenvalue weighted by atomic mass is 79.9. The molecule has 0 saturated heterocycles. The van der Waals surface area contributed by atoms with Crippen molar-refractivity contribution in [3.8, 4) is 0 Å². The van der Waals surface area contributed by atoms with Crippen LogP contribution in [0.5, 0.6) is 0 Å². The molecule has 7 heteroatoms. The predicted molar refractivity (Wildman–Crippen MR) is 65.9 cm³/mol. The van der Waals surface area contributed by atoms with Crippen LogP contribution >= 0.6 is 15.9 Å². The van der Waals surface area contributed by atoms with E-state index < -0.39 is 10.5 Å². The van der Waals surface area contributed by atoms with E-state index in [1.807, 2.05) is 0 Å². The molecule has 1 aliphatic rings. The monoisotopic (exact) mass is 301 g/mol. The van der Waals surface area contributed by atoms with Gasteiger partial charge in [0, 0.05) is 12.6 Å². The molecule has 0 atom stereocenters. The maximum atomic E-state index is 10.5. The standard InChI is InChI=1S/C10H12BrN3O3/c11-8-4-7(14(16)17)5-12-9(8)13-6-10(15)2-1-3-10/h4-5,15H,1-3,6H2,(H,12,13). The Hall–Kier alpha value is -1.21. The van der Waals surface area contributed by atoms with Crippen LogP contribution in [0.25, 0.3) is 0 Å². The van der Waals surface area contributed by atoms with Gasteiger partial charge >= 0.3 is 0 Å². The van der Waals surface area contributed by atoms with Gasteiger partial charge in [-0.15, -0.1) is 0 Å². The summed E-state index contributed by atoms with van der Waals surface area (Å²) in [5, 5.41) is 23.4. The molecule has 0 spiro atoms. The number of anilines is 1. The molecule has 2 rings (SSSR count). The first-order valence-electron chi connectivity index (χ1n) is 5.26. The normalized spacial score (nSPS) is 17.3. The molecule has 6 nitrogen and oxygen atoms in total. The van der Waals surface area contributed by atoms with Crippen LogP contribution in [-0.2, 0) is 0 Å². The SMILES string of the molecule is O=[N+]([O-])c1cnc(NCC2(O)CCC2)c(Br)c1. The summed E-state index contributed by atoms with van der Waals surface area (Å²) in [5.74, 6) is 0.510. The van der Waals surface area contributed by atoms with Gasteiger partial charge in [0.05, 0.1) is 15.0 Å². The summed E-state index contributed by atoms with van der Waals surface area (Å²) in [6.07, 6.45) is 3.79. The molecule has 0 aromatic carbocycles. The van der Waals surface area contributed by atoms with E-state index in [9.17, 15) is 15.2 Å². The molecule has 1 aromatic rings. The van der Waals surface area contributed by atoms with Crippen LogP contribution in [0, 0.1) is 10.1 Å². The third-order valence-corrected chi connectivity index (χ3v) is 3.51. The van der Waals surface area contributed by atoms with Gasteiger partial charge in [0.25, 0.3) is 5.69 Å². The van der Waals surface area contributed by atoms with Gasteiger partial charge in [-0.1, -0.05) is 0 Å². The van der Waals surface area contributed by atoms with E-state index in [-0.39, 0.29) is 5.69 Å². The summed E-state index contributed by atoms with van der Waals surface area (Å²) >= 11 is 3.21. The van der Waals surface area contributed by atoms with E-state index in [0.717, 1.165) is 19.3 Å². The maximum absolute atomic E-state index is 10.5. The topological polar surface area (TPSA) is 88.3 Å². The minimum atomic E-state index is -0.650. The quantitative estimate of drug-likeness (QED) is 0.656. The zero-order chi connectivity index (χ0) is 12.5. The second-order valence-corrected chi connectivity index (χ2v) is 5.07. The van der Waals surface area contributed by atoms with Crippen molar-refractivity contribution in [2.24, 2.45) is 0 Å². The highest BCUT2D eigenvalue weighted by Gasteiger charge is 2.34. The fraction of sp³-hybridized carbons (Fsp3) is 0.500. The first kappa shape index (κ1) is 12.3. The molecule has 0 aliphatic heterocycles. The largest absolute Gasteiger partial charge is 0.388 e. The van der Waals surface area contributed by atoms with Crippen LogP contribution in [0.2, 0.25) is 0 Å². The van der Waals surface area contributed by atoms with Crippen molar-refractivity contribution in [1.82, 2.24) is 4.98 Å². The number of nitrogens with one attached hydrogen (secondary N) is 1. The van der Waals surface area contributed by atoms with Crippen molar-refractivity contribution in [1.29, 1.82) is 0 Å². The van der Waals surface area contributed by atoms with Gasteiger partial charge in [-0.25, -0.2) is 4.98 Å². The van der Waals surface area contributed by atoms with Crippen molar-refractivity contribution in [3.63, 3.8) is 0 Å². The Morgan fingerprint density at radius 1 is 1.65 bits per heavy atom. The van der Waals surface area contributed by atoms with Crippen molar-refractivity contribution >= 4 is 27.4 Å². The molecule has 1 saturated carbocycles. The molecule has 92 valence electrons. The molecule has 1 aromatic heterocycles. The van der Waals surface area contributed by atoms with Crippen LogP contribution in [0.15, 0.2) is 16.7 Å². The number of aliphatic hydroxyl groups is 1. The fourth-order valence-electron chi connectivity index (χ4n) is 1.67. The summed E-state index contributed by atoms with van der Waals surface area (Å²) in [6.45, 7) is 0.413. The number of hydrogen-bond donors (Lipinski definition) is 2. The molecule has 17 heavy (non-hydrogen) atoms. The number of pyridine rings is 1. The fourth-order valence-corrected chi connectivity index (χ4v) is 2.14. The zero-order valence-corrected chi connectivity index (χ0v) is 10.6. The van der Waals surface area contributed by atoms with Crippen molar-refractivity contribution in [2.75, 3.05) is 11.9 Å². The van der Waals surface area contributed by atoms with Gasteiger partial charge in [0.2, 0.25) is 0 Å². The molecule has 0 radical (unpaired) electrons. The Labute approximate surface area is 106 Å². The number of rotatable bonds is 4. The van der Waals surface area contributed by atoms with Crippen LogP contribution in [0.3, 0.4) is 0 Å². The molecule has 2 N–H and O–H groups in total. The minimum Gasteiger partial charge on any atom is -0.388 e. The molecule has 1 heterocycles. The number of halogens is 1. The van der Waals surface area contributed by atoms with Crippen molar-refractivity contribution in [3.05, 3.63) is 26.9 Å². The molecular formula is C10H12BrN3O3. The van der Waals surface area contributed by atoms with Gasteiger partial charge in [-0.2, -0.15) is 0 Å². The van der Waals surface area contributed by atoms with E-state index in [4.69, 9.17) is 0 Å². The summed E-state index contributed by atoms with van der Waals surface area (Å²) in [5.41, 5.74) is -0.715. The second kappa shape index (κ2) is 4.58. The van der Waals surface area contributed by atoms with Crippen molar-refractivity contribution < 1.29 is 10.0 Å². The molecule has 0 unspecified atom stereocenters. The Kier molecular flexibility index (Phi) is 3.30. The Morgan fingerprint density at radius 2 is 2.35 bits per heavy atom. The zero-order valence-electron chi connectivity index (χ0n) is 9.02. The van der Waals surface area contributed by atoms with E-state index in [1.165, 1.54) is 12.3 Å². The first-order chi connectivity index (χ1) is 8.00. The average Bonchev–Trinajstić information content (AvgIpc) is 2.24. The van der Waals surface area contributed by atoms with Gasteiger partial charge in [-0.3, -0.25) is 10.1 Å². The van der Waals surface area contributed by atoms with Crippen molar-refractivity contribution in [2.45, 2.75) is 24.9 Å². The highest BCUT2D eigenvalue weighted by molar-refractivity contribution is 9.10. The maximum Gasteiger partial charge on any atom is 0.288 e. The second-order valence-electron chi connectivity index (χ2n) is 4.21. The highest BCUT2D eigenvalue weighted by Crippen LogP contribution is 2.32. The number of nitrogens with zero attached hydrogens (tertiary/aromatic N) is 2. The Balaban J connectivity index is 2.03. The number of nitro groups is 1.